The van der Waals surface area contributed by atoms with Crippen LogP contribution in [0.5, 0.6) is 5.75 Å². The smallest absolute Gasteiger partial charge is 0.137 e. The summed E-state index contributed by atoms with van der Waals surface area (Å²) in [4.78, 5) is 4.05. The van der Waals surface area contributed by atoms with Crippen molar-refractivity contribution >= 4 is 12.4 Å². The predicted molar refractivity (Wildman–Crippen MR) is 117 cm³/mol. The lowest BCUT2D eigenvalue weighted by molar-refractivity contribution is 0.303. The van der Waals surface area contributed by atoms with E-state index in [0.717, 1.165) is 18.8 Å². The van der Waals surface area contributed by atoms with Gasteiger partial charge in [-0.15, -0.1) is 12.4 Å². The van der Waals surface area contributed by atoms with E-state index in [1.807, 2.05) is 12.1 Å². The highest BCUT2D eigenvalue weighted by Crippen LogP contribution is 2.14. The quantitative estimate of drug-likeness (QED) is 0.238. The minimum atomic E-state index is 0. The minimum absolute atomic E-state index is 0. The molecule has 3 heteroatoms. The first-order valence-electron chi connectivity index (χ1n) is 11.0. The summed E-state index contributed by atoms with van der Waals surface area (Å²) in [5.41, 5.74) is 0. The summed E-state index contributed by atoms with van der Waals surface area (Å²) >= 11 is 0. The number of hydrogen-bond donors (Lipinski definition) is 0. The van der Waals surface area contributed by atoms with E-state index in [1.54, 1.807) is 12.4 Å². The molecular formula is C23H42ClNO. The molecule has 0 aromatic carbocycles. The molecular weight excluding hydrogens is 342 g/mol. The Morgan fingerprint density at radius 3 is 1.58 bits per heavy atom. The second-order valence-corrected chi connectivity index (χ2v) is 7.34. The van der Waals surface area contributed by atoms with Crippen LogP contribution in [0.25, 0.3) is 0 Å². The lowest BCUT2D eigenvalue weighted by Gasteiger charge is -2.05. The molecule has 0 fully saturated rings. The molecule has 0 atom stereocenters. The number of hydrogen-bond acceptors (Lipinski definition) is 2. The monoisotopic (exact) mass is 383 g/mol. The second kappa shape index (κ2) is 20.6. The van der Waals surface area contributed by atoms with Crippen molar-refractivity contribution in [3.63, 3.8) is 0 Å². The third-order valence-corrected chi connectivity index (χ3v) is 4.90. The number of aromatic nitrogens is 1. The fourth-order valence-electron chi connectivity index (χ4n) is 3.27. The van der Waals surface area contributed by atoms with Gasteiger partial charge in [0.2, 0.25) is 0 Å². The summed E-state index contributed by atoms with van der Waals surface area (Å²) in [6.07, 6.45) is 26.1. The summed E-state index contributed by atoms with van der Waals surface area (Å²) < 4.78 is 5.66. The molecule has 0 radical (unpaired) electrons. The fourth-order valence-corrected chi connectivity index (χ4v) is 3.27. The zero-order valence-corrected chi connectivity index (χ0v) is 17.9. The maximum absolute atomic E-state index is 5.66. The first kappa shape index (κ1) is 25.2. The molecule has 0 spiro atoms. The number of ether oxygens (including phenoxy) is 1. The largest absolute Gasteiger partial charge is 0.492 e. The molecule has 0 unspecified atom stereocenters. The SMILES string of the molecule is CCCCCCCCCCCCCCCCCCOc1cccnc1.Cl. The Morgan fingerprint density at radius 2 is 1.15 bits per heavy atom. The summed E-state index contributed by atoms with van der Waals surface area (Å²) in [7, 11) is 0. The van der Waals surface area contributed by atoms with E-state index in [2.05, 4.69) is 11.9 Å². The molecule has 26 heavy (non-hydrogen) atoms. The molecule has 0 aliphatic rings. The molecule has 1 heterocycles. The number of nitrogens with zero attached hydrogens (tertiary/aromatic N) is 1. The third kappa shape index (κ3) is 16.7. The highest BCUT2D eigenvalue weighted by Gasteiger charge is 1.95. The summed E-state index contributed by atoms with van der Waals surface area (Å²) in [5.74, 6) is 0.892. The van der Waals surface area contributed by atoms with Crippen LogP contribution >= 0.6 is 12.4 Å². The van der Waals surface area contributed by atoms with Gasteiger partial charge in [0, 0.05) is 6.20 Å². The van der Waals surface area contributed by atoms with Crippen molar-refractivity contribution < 1.29 is 4.74 Å². The Bertz CT molecular complexity index is 372. The lowest BCUT2D eigenvalue weighted by Crippen LogP contribution is -1.97. The topological polar surface area (TPSA) is 22.1 Å². The van der Waals surface area contributed by atoms with Crippen LogP contribution in [0.15, 0.2) is 24.5 Å². The van der Waals surface area contributed by atoms with Gasteiger partial charge in [-0.3, -0.25) is 4.98 Å². The van der Waals surface area contributed by atoms with Crippen LogP contribution in [0.3, 0.4) is 0 Å². The average Bonchev–Trinajstić information content (AvgIpc) is 2.65. The van der Waals surface area contributed by atoms with Crippen molar-refractivity contribution in [2.45, 2.75) is 110 Å². The summed E-state index contributed by atoms with van der Waals surface area (Å²) in [5, 5.41) is 0. The molecule has 0 saturated carbocycles. The van der Waals surface area contributed by atoms with E-state index in [-0.39, 0.29) is 12.4 Å². The van der Waals surface area contributed by atoms with Crippen LogP contribution in [-0.4, -0.2) is 11.6 Å². The van der Waals surface area contributed by atoms with Gasteiger partial charge in [-0.25, -0.2) is 0 Å². The molecule has 1 rings (SSSR count). The van der Waals surface area contributed by atoms with Gasteiger partial charge in [-0.05, 0) is 18.6 Å². The van der Waals surface area contributed by atoms with E-state index >= 15 is 0 Å². The minimum Gasteiger partial charge on any atom is -0.492 e. The molecule has 0 saturated heterocycles. The molecule has 2 nitrogen and oxygen atoms in total. The van der Waals surface area contributed by atoms with Crippen molar-refractivity contribution in [2.75, 3.05) is 6.61 Å². The number of pyridine rings is 1. The Kier molecular flexibility index (Phi) is 19.9. The normalized spacial score (nSPS) is 10.5. The first-order chi connectivity index (χ1) is 12.4. The molecule has 0 amide bonds. The van der Waals surface area contributed by atoms with Gasteiger partial charge in [-0.2, -0.15) is 0 Å². The van der Waals surface area contributed by atoms with Gasteiger partial charge in [0.25, 0.3) is 0 Å². The maximum Gasteiger partial charge on any atom is 0.137 e. The summed E-state index contributed by atoms with van der Waals surface area (Å²) in [6, 6.07) is 3.89. The first-order valence-corrected chi connectivity index (χ1v) is 11.0. The standard InChI is InChI=1S/C23H41NO.ClH/c1-2-3-4-5-6-7-8-9-10-11-12-13-14-15-16-17-21-25-23-19-18-20-24-22-23;/h18-20,22H,2-17,21H2,1H3;1H. The van der Waals surface area contributed by atoms with Gasteiger partial charge in [-0.1, -0.05) is 103 Å². The van der Waals surface area contributed by atoms with Crippen LogP contribution in [0.1, 0.15) is 110 Å². The van der Waals surface area contributed by atoms with E-state index in [1.165, 1.54) is 96.3 Å². The van der Waals surface area contributed by atoms with Gasteiger partial charge in [0.15, 0.2) is 0 Å². The van der Waals surface area contributed by atoms with Crippen molar-refractivity contribution in [1.82, 2.24) is 4.98 Å². The third-order valence-electron chi connectivity index (χ3n) is 4.90. The van der Waals surface area contributed by atoms with Crippen LogP contribution < -0.4 is 4.74 Å². The summed E-state index contributed by atoms with van der Waals surface area (Å²) in [6.45, 7) is 3.11. The number of unbranched alkanes of at least 4 members (excludes halogenated alkanes) is 15. The Hall–Kier alpha value is -0.760. The van der Waals surface area contributed by atoms with Crippen LogP contribution in [-0.2, 0) is 0 Å². The van der Waals surface area contributed by atoms with Crippen molar-refractivity contribution in [2.24, 2.45) is 0 Å². The number of rotatable bonds is 18. The molecule has 0 aliphatic heterocycles. The second-order valence-electron chi connectivity index (χ2n) is 7.34. The number of halogens is 1. The predicted octanol–water partition coefficient (Wildman–Crippen LogP) is 8.14. The van der Waals surface area contributed by atoms with Crippen LogP contribution in [0, 0.1) is 0 Å². The highest BCUT2D eigenvalue weighted by atomic mass is 35.5. The Balaban J connectivity index is 0.00000625. The zero-order valence-electron chi connectivity index (χ0n) is 17.1. The molecule has 1 aromatic rings. The Morgan fingerprint density at radius 1 is 0.692 bits per heavy atom. The Labute approximate surface area is 168 Å². The molecule has 0 N–H and O–H groups in total. The highest BCUT2D eigenvalue weighted by molar-refractivity contribution is 5.85. The molecule has 1 aromatic heterocycles. The van der Waals surface area contributed by atoms with E-state index in [9.17, 15) is 0 Å². The van der Waals surface area contributed by atoms with Crippen LogP contribution in [0.4, 0.5) is 0 Å². The molecule has 0 aliphatic carbocycles. The zero-order chi connectivity index (χ0) is 17.8. The van der Waals surface area contributed by atoms with Crippen molar-refractivity contribution in [3.05, 3.63) is 24.5 Å². The van der Waals surface area contributed by atoms with Gasteiger partial charge >= 0.3 is 0 Å². The lowest BCUT2D eigenvalue weighted by atomic mass is 10.0. The maximum atomic E-state index is 5.66. The van der Waals surface area contributed by atoms with E-state index in [4.69, 9.17) is 4.74 Å². The van der Waals surface area contributed by atoms with E-state index in [0.29, 0.717) is 0 Å². The van der Waals surface area contributed by atoms with Gasteiger partial charge in [0.05, 0.1) is 12.8 Å². The average molecular weight is 384 g/mol. The van der Waals surface area contributed by atoms with Gasteiger partial charge < -0.3 is 4.74 Å². The molecule has 152 valence electrons. The molecule has 0 bridgehead atoms. The van der Waals surface area contributed by atoms with Crippen molar-refractivity contribution in [3.8, 4) is 5.75 Å². The van der Waals surface area contributed by atoms with E-state index < -0.39 is 0 Å². The van der Waals surface area contributed by atoms with Gasteiger partial charge in [0.1, 0.15) is 5.75 Å². The van der Waals surface area contributed by atoms with Crippen molar-refractivity contribution in [1.29, 1.82) is 0 Å². The fraction of sp³-hybridized carbons (Fsp3) is 0.783. The van der Waals surface area contributed by atoms with Crippen LogP contribution in [0.2, 0.25) is 0 Å².